The highest BCUT2D eigenvalue weighted by Gasteiger charge is 2.31. The van der Waals surface area contributed by atoms with Crippen molar-refractivity contribution in [3.05, 3.63) is 24.3 Å². The first-order chi connectivity index (χ1) is 11.1. The van der Waals surface area contributed by atoms with Crippen LogP contribution in [-0.2, 0) is 14.3 Å². The number of ether oxygens (including phenoxy) is 2. The van der Waals surface area contributed by atoms with Crippen molar-refractivity contribution >= 4 is 5.78 Å². The van der Waals surface area contributed by atoms with Crippen molar-refractivity contribution in [3.8, 4) is 0 Å². The molecule has 130 valence electrons. The minimum absolute atomic E-state index is 0.0640. The molecule has 4 atom stereocenters. The molecule has 1 heterocycles. The normalized spacial score (nSPS) is 30.3. The number of carbonyl (C=O) groups excluding carboxylic acids is 1. The van der Waals surface area contributed by atoms with Crippen LogP contribution in [-0.4, -0.2) is 24.8 Å². The first-order valence-corrected chi connectivity index (χ1v) is 9.29. The monoisotopic (exact) mass is 320 g/mol. The van der Waals surface area contributed by atoms with Crippen LogP contribution in [0.25, 0.3) is 0 Å². The number of ketones is 1. The van der Waals surface area contributed by atoms with Crippen molar-refractivity contribution in [2.24, 2.45) is 11.8 Å². The van der Waals surface area contributed by atoms with Crippen LogP contribution < -0.4 is 0 Å². The molecule has 3 heteroatoms. The highest BCUT2D eigenvalue weighted by molar-refractivity contribution is 5.98. The lowest BCUT2D eigenvalue weighted by atomic mass is 9.94. The largest absolute Gasteiger partial charge is 0.353 e. The van der Waals surface area contributed by atoms with E-state index < -0.39 is 0 Å². The maximum atomic E-state index is 11.8. The van der Waals surface area contributed by atoms with Gasteiger partial charge in [0.2, 0.25) is 0 Å². The third-order valence-electron chi connectivity index (χ3n) is 4.97. The molecule has 3 nitrogen and oxygen atoms in total. The summed E-state index contributed by atoms with van der Waals surface area (Å²) in [4.78, 5) is 11.8. The Morgan fingerprint density at radius 3 is 2.83 bits per heavy atom. The third kappa shape index (κ3) is 5.58. The molecule has 2 rings (SSSR count). The Morgan fingerprint density at radius 1 is 1.39 bits per heavy atom. The second-order valence-corrected chi connectivity index (χ2v) is 7.01. The van der Waals surface area contributed by atoms with Crippen molar-refractivity contribution in [1.29, 1.82) is 0 Å². The quantitative estimate of drug-likeness (QED) is 0.365. The summed E-state index contributed by atoms with van der Waals surface area (Å²) in [5.74, 6) is 0.742. The van der Waals surface area contributed by atoms with E-state index in [2.05, 4.69) is 32.6 Å². The molecule has 2 aliphatic rings. The van der Waals surface area contributed by atoms with E-state index >= 15 is 0 Å². The van der Waals surface area contributed by atoms with E-state index in [-0.39, 0.29) is 24.1 Å². The Labute approximate surface area is 141 Å². The van der Waals surface area contributed by atoms with Gasteiger partial charge in [0, 0.05) is 18.9 Å². The molecule has 0 N–H and O–H groups in total. The van der Waals surface area contributed by atoms with Gasteiger partial charge in [-0.05, 0) is 37.2 Å². The van der Waals surface area contributed by atoms with Crippen LogP contribution in [0.4, 0.5) is 0 Å². The summed E-state index contributed by atoms with van der Waals surface area (Å²) in [5, 5.41) is 0. The van der Waals surface area contributed by atoms with E-state index in [0.717, 1.165) is 31.4 Å². The summed E-state index contributed by atoms with van der Waals surface area (Å²) in [7, 11) is 0. The Bertz CT molecular complexity index is 421. The van der Waals surface area contributed by atoms with E-state index in [1.54, 1.807) is 0 Å². The SMILES string of the molecule is C=C1C(=O)C[C@@H](C)[C@@H]1/C=C/[C@H](CCCCC)OC1CCCCO1. The molecule has 2 fully saturated rings. The van der Waals surface area contributed by atoms with Crippen molar-refractivity contribution < 1.29 is 14.3 Å². The molecule has 1 saturated heterocycles. The number of unbranched alkanes of at least 4 members (excludes halogenated alkanes) is 2. The zero-order valence-corrected chi connectivity index (χ0v) is 14.8. The van der Waals surface area contributed by atoms with Crippen LogP contribution in [0, 0.1) is 11.8 Å². The predicted octanol–water partition coefficient (Wildman–Crippen LogP) is 4.82. The van der Waals surface area contributed by atoms with Gasteiger partial charge in [-0.15, -0.1) is 0 Å². The van der Waals surface area contributed by atoms with Crippen molar-refractivity contribution in [1.82, 2.24) is 0 Å². The Balaban J connectivity index is 1.93. The number of hydrogen-bond acceptors (Lipinski definition) is 3. The number of allylic oxidation sites excluding steroid dienone is 2. The first kappa shape index (κ1) is 18.4. The van der Waals surface area contributed by atoms with Gasteiger partial charge in [0.05, 0.1) is 6.10 Å². The minimum Gasteiger partial charge on any atom is -0.353 e. The van der Waals surface area contributed by atoms with Gasteiger partial charge in [-0.2, -0.15) is 0 Å². The lowest BCUT2D eigenvalue weighted by Gasteiger charge is -2.27. The Kier molecular flexibility index (Phi) is 7.51. The molecule has 23 heavy (non-hydrogen) atoms. The van der Waals surface area contributed by atoms with E-state index in [4.69, 9.17) is 9.47 Å². The fourth-order valence-electron chi connectivity index (χ4n) is 3.45. The molecular weight excluding hydrogens is 288 g/mol. The standard InChI is InChI=1S/C20H32O3/c1-4-5-6-9-17(23-20-10-7-8-13-22-20)11-12-18-15(2)14-19(21)16(18)3/h11-12,15,17-18,20H,3-10,13-14H2,1-2H3/b12-11+/t15-,17+,18+,20?/m1/s1. The predicted molar refractivity (Wildman–Crippen MR) is 93.2 cm³/mol. The van der Waals surface area contributed by atoms with Crippen molar-refractivity contribution in [2.45, 2.75) is 77.6 Å². The molecule has 0 aromatic heterocycles. The van der Waals surface area contributed by atoms with Gasteiger partial charge in [0.25, 0.3) is 0 Å². The third-order valence-corrected chi connectivity index (χ3v) is 4.97. The topological polar surface area (TPSA) is 35.5 Å². The van der Waals surface area contributed by atoms with Gasteiger partial charge in [0.1, 0.15) is 0 Å². The average molecular weight is 320 g/mol. The lowest BCUT2D eigenvalue weighted by molar-refractivity contribution is -0.179. The zero-order chi connectivity index (χ0) is 16.7. The second kappa shape index (κ2) is 9.39. The average Bonchev–Trinajstić information content (AvgIpc) is 2.79. The smallest absolute Gasteiger partial charge is 0.159 e. The van der Waals surface area contributed by atoms with Crippen LogP contribution in [0.2, 0.25) is 0 Å². The van der Waals surface area contributed by atoms with Crippen LogP contribution in [0.15, 0.2) is 24.3 Å². The van der Waals surface area contributed by atoms with E-state index in [9.17, 15) is 4.79 Å². The Hall–Kier alpha value is -0.930. The van der Waals surface area contributed by atoms with Crippen molar-refractivity contribution in [3.63, 3.8) is 0 Å². The number of Topliss-reactive ketones (excluding diaryl/α,β-unsaturated/α-hetero) is 1. The van der Waals surface area contributed by atoms with Crippen LogP contribution >= 0.6 is 0 Å². The first-order valence-electron chi connectivity index (χ1n) is 9.29. The van der Waals surface area contributed by atoms with Crippen LogP contribution in [0.5, 0.6) is 0 Å². The van der Waals surface area contributed by atoms with Gasteiger partial charge < -0.3 is 9.47 Å². The lowest BCUT2D eigenvalue weighted by Crippen LogP contribution is -2.27. The van der Waals surface area contributed by atoms with Gasteiger partial charge in [0.15, 0.2) is 12.1 Å². The van der Waals surface area contributed by atoms with E-state index in [1.807, 2.05) is 0 Å². The van der Waals surface area contributed by atoms with Gasteiger partial charge in [-0.1, -0.05) is 51.8 Å². The van der Waals surface area contributed by atoms with Gasteiger partial charge >= 0.3 is 0 Å². The van der Waals surface area contributed by atoms with E-state index in [0.29, 0.717) is 12.3 Å². The number of rotatable bonds is 8. The minimum atomic E-state index is -0.0640. The maximum absolute atomic E-state index is 11.8. The molecule has 1 aliphatic carbocycles. The fraction of sp³-hybridized carbons (Fsp3) is 0.750. The highest BCUT2D eigenvalue weighted by atomic mass is 16.7. The molecule has 0 aromatic rings. The van der Waals surface area contributed by atoms with Gasteiger partial charge in [-0.25, -0.2) is 0 Å². The van der Waals surface area contributed by atoms with Crippen molar-refractivity contribution in [2.75, 3.05) is 6.61 Å². The second-order valence-electron chi connectivity index (χ2n) is 7.01. The fourth-order valence-corrected chi connectivity index (χ4v) is 3.45. The Morgan fingerprint density at radius 2 is 2.22 bits per heavy atom. The van der Waals surface area contributed by atoms with Crippen LogP contribution in [0.1, 0.15) is 65.2 Å². The molecule has 0 amide bonds. The highest BCUT2D eigenvalue weighted by Crippen LogP contribution is 2.34. The molecular formula is C20H32O3. The van der Waals surface area contributed by atoms with Crippen LogP contribution in [0.3, 0.4) is 0 Å². The summed E-state index contributed by atoms with van der Waals surface area (Å²) in [6.45, 7) is 9.12. The molecule has 0 spiro atoms. The summed E-state index contributed by atoms with van der Waals surface area (Å²) in [5.41, 5.74) is 0.759. The molecule has 1 saturated carbocycles. The number of carbonyl (C=O) groups is 1. The van der Waals surface area contributed by atoms with Gasteiger partial charge in [-0.3, -0.25) is 4.79 Å². The summed E-state index contributed by atoms with van der Waals surface area (Å²) >= 11 is 0. The molecule has 0 aromatic carbocycles. The summed E-state index contributed by atoms with van der Waals surface area (Å²) in [6.07, 6.45) is 12.9. The molecule has 1 aliphatic heterocycles. The summed E-state index contributed by atoms with van der Waals surface area (Å²) < 4.78 is 11.9. The molecule has 0 bridgehead atoms. The molecule has 0 radical (unpaired) electrons. The zero-order valence-electron chi connectivity index (χ0n) is 14.8. The van der Waals surface area contributed by atoms with E-state index in [1.165, 1.54) is 25.7 Å². The number of hydrogen-bond donors (Lipinski definition) is 0. The maximum Gasteiger partial charge on any atom is 0.159 e. The molecule has 1 unspecified atom stereocenters. The summed E-state index contributed by atoms with van der Waals surface area (Å²) in [6, 6.07) is 0.